The van der Waals surface area contributed by atoms with E-state index in [9.17, 15) is 0 Å². The smallest absolute Gasteiger partial charge is 0.124 e. The van der Waals surface area contributed by atoms with Crippen LogP contribution in [0.4, 0.5) is 5.82 Å². The predicted octanol–water partition coefficient (Wildman–Crippen LogP) is 2.84. The number of ether oxygens (including phenoxy) is 1. The average Bonchev–Trinajstić information content (AvgIpc) is 2.60. The molecule has 1 aliphatic rings. The molecule has 0 amide bonds. The molecule has 0 saturated heterocycles. The zero-order chi connectivity index (χ0) is 13.4. The Balaban J connectivity index is 2.12. The van der Waals surface area contributed by atoms with Crippen LogP contribution < -0.4 is 10.5 Å². The first-order valence-corrected chi connectivity index (χ1v) is 6.70. The van der Waals surface area contributed by atoms with Crippen LogP contribution in [0, 0.1) is 13.8 Å². The molecule has 100 valence electrons. The van der Waals surface area contributed by atoms with Crippen LogP contribution in [0.1, 0.15) is 35.7 Å². The van der Waals surface area contributed by atoms with Gasteiger partial charge in [0.05, 0.1) is 18.3 Å². The molecular weight excluding hydrogens is 238 g/mol. The molecular formula is C15H19N3O. The van der Waals surface area contributed by atoms with Crippen LogP contribution in [0.25, 0.3) is 0 Å². The van der Waals surface area contributed by atoms with Gasteiger partial charge in [-0.25, -0.2) is 4.68 Å². The molecule has 2 heterocycles. The lowest BCUT2D eigenvalue weighted by Crippen LogP contribution is -2.14. The molecule has 4 heteroatoms. The first-order chi connectivity index (χ1) is 9.15. The standard InChI is InChI=1S/C15H19N3O/c1-10-5-6-14-12(8-10)13(4-3-7-19-14)18-15(16)9-11(2)17-18/h5-6,8-9,13H,3-4,7,16H2,1-2H3. The summed E-state index contributed by atoms with van der Waals surface area (Å²) in [4.78, 5) is 0. The van der Waals surface area contributed by atoms with Gasteiger partial charge in [0.15, 0.2) is 0 Å². The van der Waals surface area contributed by atoms with Gasteiger partial charge < -0.3 is 10.5 Å². The number of aromatic nitrogens is 2. The number of nitrogen functional groups attached to an aromatic ring is 1. The van der Waals surface area contributed by atoms with E-state index in [0.717, 1.165) is 36.7 Å². The van der Waals surface area contributed by atoms with Crippen LogP contribution in [0.5, 0.6) is 5.75 Å². The van der Waals surface area contributed by atoms with E-state index in [0.29, 0.717) is 0 Å². The van der Waals surface area contributed by atoms with Crippen molar-refractivity contribution >= 4 is 5.82 Å². The van der Waals surface area contributed by atoms with Crippen LogP contribution in [0.3, 0.4) is 0 Å². The summed E-state index contributed by atoms with van der Waals surface area (Å²) in [6.07, 6.45) is 2.01. The van der Waals surface area contributed by atoms with Crippen LogP contribution in [0.15, 0.2) is 24.3 Å². The van der Waals surface area contributed by atoms with Crippen molar-refractivity contribution in [1.29, 1.82) is 0 Å². The zero-order valence-electron chi connectivity index (χ0n) is 11.4. The quantitative estimate of drug-likeness (QED) is 0.854. The summed E-state index contributed by atoms with van der Waals surface area (Å²) in [5.74, 6) is 1.68. The molecule has 0 aliphatic carbocycles. The first kappa shape index (κ1) is 12.1. The number of anilines is 1. The maximum Gasteiger partial charge on any atom is 0.124 e. The minimum atomic E-state index is 0.172. The van der Waals surface area contributed by atoms with Gasteiger partial charge in [0.25, 0.3) is 0 Å². The van der Waals surface area contributed by atoms with Crippen molar-refractivity contribution in [2.45, 2.75) is 32.7 Å². The minimum absolute atomic E-state index is 0.172. The Morgan fingerprint density at radius 2 is 2.16 bits per heavy atom. The second-order valence-electron chi connectivity index (χ2n) is 5.20. The van der Waals surface area contributed by atoms with Crippen molar-refractivity contribution in [3.63, 3.8) is 0 Å². The highest BCUT2D eigenvalue weighted by Gasteiger charge is 2.23. The molecule has 0 bridgehead atoms. The molecule has 1 unspecified atom stereocenters. The number of aryl methyl sites for hydroxylation is 2. The summed E-state index contributed by atoms with van der Waals surface area (Å²) in [5, 5.41) is 4.54. The molecule has 1 aliphatic heterocycles. The fraction of sp³-hybridized carbons (Fsp3) is 0.400. The summed E-state index contributed by atoms with van der Waals surface area (Å²) < 4.78 is 7.75. The molecule has 1 aromatic heterocycles. The van der Waals surface area contributed by atoms with Gasteiger partial charge in [-0.3, -0.25) is 0 Å². The highest BCUT2D eigenvalue weighted by atomic mass is 16.5. The monoisotopic (exact) mass is 257 g/mol. The molecule has 19 heavy (non-hydrogen) atoms. The van der Waals surface area contributed by atoms with E-state index in [2.05, 4.69) is 30.2 Å². The molecule has 2 N–H and O–H groups in total. The van der Waals surface area contributed by atoms with Gasteiger partial charge in [-0.15, -0.1) is 0 Å². The van der Waals surface area contributed by atoms with Crippen molar-refractivity contribution in [2.24, 2.45) is 0 Å². The van der Waals surface area contributed by atoms with Crippen LogP contribution in [-0.4, -0.2) is 16.4 Å². The Kier molecular flexibility index (Phi) is 2.93. The third-order valence-electron chi connectivity index (χ3n) is 3.59. The molecule has 0 saturated carbocycles. The molecule has 2 aromatic rings. The second kappa shape index (κ2) is 4.61. The summed E-state index contributed by atoms with van der Waals surface area (Å²) in [6.45, 7) is 4.82. The van der Waals surface area contributed by atoms with E-state index in [4.69, 9.17) is 10.5 Å². The Bertz CT molecular complexity index is 603. The number of benzene rings is 1. The lowest BCUT2D eigenvalue weighted by molar-refractivity contribution is 0.315. The fourth-order valence-electron chi connectivity index (χ4n) is 2.71. The highest BCUT2D eigenvalue weighted by molar-refractivity contribution is 5.42. The zero-order valence-corrected chi connectivity index (χ0v) is 11.4. The summed E-state index contributed by atoms with van der Waals surface area (Å²) >= 11 is 0. The molecule has 1 atom stereocenters. The van der Waals surface area contributed by atoms with E-state index in [1.807, 2.05) is 17.7 Å². The number of hydrogen-bond acceptors (Lipinski definition) is 3. The molecule has 1 aromatic carbocycles. The lowest BCUT2D eigenvalue weighted by Gasteiger charge is -2.19. The van der Waals surface area contributed by atoms with E-state index < -0.39 is 0 Å². The van der Waals surface area contributed by atoms with Crippen molar-refractivity contribution < 1.29 is 4.74 Å². The summed E-state index contributed by atoms with van der Waals surface area (Å²) in [6, 6.07) is 8.41. The SMILES string of the molecule is Cc1ccc2c(c1)C(n1nc(C)cc1N)CCCO2. The van der Waals surface area contributed by atoms with E-state index >= 15 is 0 Å². The van der Waals surface area contributed by atoms with Crippen LogP contribution >= 0.6 is 0 Å². The Morgan fingerprint density at radius 3 is 2.89 bits per heavy atom. The fourth-order valence-corrected chi connectivity index (χ4v) is 2.71. The van der Waals surface area contributed by atoms with Crippen molar-refractivity contribution in [1.82, 2.24) is 9.78 Å². The third kappa shape index (κ3) is 2.18. The lowest BCUT2D eigenvalue weighted by atomic mass is 10.0. The average molecular weight is 257 g/mol. The van der Waals surface area contributed by atoms with Crippen LogP contribution in [-0.2, 0) is 0 Å². The van der Waals surface area contributed by atoms with Crippen molar-refractivity contribution in [3.8, 4) is 5.75 Å². The van der Waals surface area contributed by atoms with Gasteiger partial charge in [0, 0.05) is 11.6 Å². The van der Waals surface area contributed by atoms with Crippen molar-refractivity contribution in [2.75, 3.05) is 12.3 Å². The van der Waals surface area contributed by atoms with Crippen molar-refractivity contribution in [3.05, 3.63) is 41.1 Å². The Morgan fingerprint density at radius 1 is 1.32 bits per heavy atom. The van der Waals surface area contributed by atoms with Gasteiger partial charge in [0.2, 0.25) is 0 Å². The first-order valence-electron chi connectivity index (χ1n) is 6.70. The number of nitrogens with zero attached hydrogens (tertiary/aromatic N) is 2. The minimum Gasteiger partial charge on any atom is -0.493 e. The Labute approximate surface area is 113 Å². The number of nitrogens with two attached hydrogens (primary N) is 1. The molecule has 0 spiro atoms. The van der Waals surface area contributed by atoms with E-state index in [1.54, 1.807) is 0 Å². The summed E-state index contributed by atoms with van der Waals surface area (Å²) in [7, 11) is 0. The number of rotatable bonds is 1. The number of fused-ring (bicyclic) bond motifs is 1. The molecule has 0 fully saturated rings. The second-order valence-corrected chi connectivity index (χ2v) is 5.20. The highest BCUT2D eigenvalue weighted by Crippen LogP contribution is 2.35. The van der Waals surface area contributed by atoms with Crippen LogP contribution in [0.2, 0.25) is 0 Å². The third-order valence-corrected chi connectivity index (χ3v) is 3.59. The van der Waals surface area contributed by atoms with Gasteiger partial charge >= 0.3 is 0 Å². The van der Waals surface area contributed by atoms with Gasteiger partial charge in [-0.1, -0.05) is 17.7 Å². The molecule has 3 rings (SSSR count). The normalized spacial score (nSPS) is 18.5. The molecule has 4 nitrogen and oxygen atoms in total. The van der Waals surface area contributed by atoms with E-state index in [-0.39, 0.29) is 6.04 Å². The Hall–Kier alpha value is -1.97. The van der Waals surface area contributed by atoms with E-state index in [1.165, 1.54) is 11.1 Å². The predicted molar refractivity (Wildman–Crippen MR) is 75.4 cm³/mol. The number of hydrogen-bond donors (Lipinski definition) is 1. The largest absolute Gasteiger partial charge is 0.493 e. The summed E-state index contributed by atoms with van der Waals surface area (Å²) in [5.41, 5.74) is 9.45. The maximum atomic E-state index is 6.08. The van der Waals surface area contributed by atoms with Gasteiger partial charge in [0.1, 0.15) is 11.6 Å². The van der Waals surface area contributed by atoms with Gasteiger partial charge in [-0.05, 0) is 32.8 Å². The maximum absolute atomic E-state index is 6.08. The topological polar surface area (TPSA) is 53.1 Å². The molecule has 0 radical (unpaired) electrons. The van der Waals surface area contributed by atoms with Gasteiger partial charge in [-0.2, -0.15) is 5.10 Å².